The van der Waals surface area contributed by atoms with Crippen LogP contribution in [0.1, 0.15) is 31.2 Å². The number of imidazole rings is 1. The number of fused-ring (bicyclic) bond motifs is 1. The summed E-state index contributed by atoms with van der Waals surface area (Å²) in [5.74, 6) is -0.193. The van der Waals surface area contributed by atoms with Crippen molar-refractivity contribution < 1.29 is 4.39 Å². The zero-order valence-electron chi connectivity index (χ0n) is 18.6. The van der Waals surface area contributed by atoms with Crippen LogP contribution in [0.15, 0.2) is 61.1 Å². The van der Waals surface area contributed by atoms with E-state index in [2.05, 4.69) is 43.7 Å². The highest BCUT2D eigenvalue weighted by atomic mass is 19.1. The van der Waals surface area contributed by atoms with E-state index in [-0.39, 0.29) is 5.82 Å². The molecule has 4 nitrogen and oxygen atoms in total. The van der Waals surface area contributed by atoms with Gasteiger partial charge in [0.2, 0.25) is 0 Å². The van der Waals surface area contributed by atoms with E-state index >= 15 is 0 Å². The Morgan fingerprint density at radius 3 is 2.59 bits per heavy atom. The van der Waals surface area contributed by atoms with Crippen LogP contribution in [0.3, 0.4) is 0 Å². The second kappa shape index (κ2) is 9.21. The zero-order chi connectivity index (χ0) is 21.9. The molecule has 0 radical (unpaired) electrons. The van der Waals surface area contributed by atoms with Gasteiger partial charge >= 0.3 is 0 Å². The van der Waals surface area contributed by atoms with E-state index in [1.54, 1.807) is 19.2 Å². The molecule has 0 bridgehead atoms. The summed E-state index contributed by atoms with van der Waals surface area (Å²) in [6, 6.07) is 15.6. The maximum atomic E-state index is 13.8. The maximum absolute atomic E-state index is 13.8. The summed E-state index contributed by atoms with van der Waals surface area (Å²) in [6.07, 6.45) is 8.91. The minimum absolute atomic E-state index is 0.193. The van der Waals surface area contributed by atoms with Crippen LogP contribution in [0.25, 0.3) is 33.4 Å². The molecular weight excluding hydrogens is 399 g/mol. The molecule has 0 amide bonds. The molecule has 5 heteroatoms. The third-order valence-electron chi connectivity index (χ3n) is 6.49. The lowest BCUT2D eigenvalue weighted by molar-refractivity contribution is 0.223. The smallest absolute Gasteiger partial charge is 0.126 e. The van der Waals surface area contributed by atoms with Gasteiger partial charge < -0.3 is 9.47 Å². The summed E-state index contributed by atoms with van der Waals surface area (Å²) in [5, 5.41) is 0. The monoisotopic (exact) mass is 428 g/mol. The van der Waals surface area contributed by atoms with Gasteiger partial charge in [-0.05, 0) is 93.3 Å². The van der Waals surface area contributed by atoms with Crippen LogP contribution in [-0.4, -0.2) is 39.1 Å². The highest BCUT2D eigenvalue weighted by molar-refractivity contribution is 5.87. The first-order chi connectivity index (χ1) is 15.7. The molecule has 1 saturated heterocycles. The van der Waals surface area contributed by atoms with Crippen molar-refractivity contribution in [3.05, 3.63) is 72.4 Å². The average molecular weight is 429 g/mol. The Labute approximate surface area is 188 Å². The number of rotatable bonds is 6. The third kappa shape index (κ3) is 4.30. The van der Waals surface area contributed by atoms with Gasteiger partial charge in [-0.2, -0.15) is 0 Å². The van der Waals surface area contributed by atoms with Gasteiger partial charge in [-0.15, -0.1) is 0 Å². The number of likely N-dealkylation sites (tertiary alicyclic amines) is 1. The van der Waals surface area contributed by atoms with Gasteiger partial charge in [-0.25, -0.2) is 9.37 Å². The number of hydrogen-bond acceptors (Lipinski definition) is 3. The van der Waals surface area contributed by atoms with Gasteiger partial charge in [0.1, 0.15) is 5.82 Å². The predicted molar refractivity (Wildman–Crippen MR) is 128 cm³/mol. The van der Waals surface area contributed by atoms with Crippen molar-refractivity contribution in [2.45, 2.75) is 39.2 Å². The minimum Gasteiger partial charge on any atom is -0.331 e. The number of aryl methyl sites for hydroxylation is 2. The Hall–Kier alpha value is -3.05. The molecule has 0 saturated carbocycles. The second-order valence-corrected chi connectivity index (χ2v) is 8.76. The lowest BCUT2D eigenvalue weighted by atomic mass is 9.98. The number of benzene rings is 2. The van der Waals surface area contributed by atoms with E-state index in [0.29, 0.717) is 5.56 Å². The highest BCUT2D eigenvalue weighted by Crippen LogP contribution is 2.32. The molecule has 32 heavy (non-hydrogen) atoms. The van der Waals surface area contributed by atoms with E-state index in [0.717, 1.165) is 52.9 Å². The molecule has 1 aliphatic heterocycles. The Morgan fingerprint density at radius 2 is 1.75 bits per heavy atom. The Bertz CT molecular complexity index is 1220. The summed E-state index contributed by atoms with van der Waals surface area (Å²) in [7, 11) is 0. The molecule has 0 unspecified atom stereocenters. The molecule has 1 fully saturated rings. The fourth-order valence-corrected chi connectivity index (χ4v) is 4.71. The van der Waals surface area contributed by atoms with Crippen LogP contribution in [0.2, 0.25) is 0 Å². The summed E-state index contributed by atoms with van der Waals surface area (Å²) >= 11 is 0. The number of nitrogens with zero attached hydrogens (tertiary/aromatic N) is 4. The van der Waals surface area contributed by atoms with Crippen molar-refractivity contribution in [3.8, 4) is 22.4 Å². The lowest BCUT2D eigenvalue weighted by Gasteiger charge is -2.26. The van der Waals surface area contributed by atoms with E-state index in [9.17, 15) is 4.39 Å². The van der Waals surface area contributed by atoms with Crippen molar-refractivity contribution in [3.63, 3.8) is 0 Å². The first-order valence-electron chi connectivity index (χ1n) is 11.6. The summed E-state index contributed by atoms with van der Waals surface area (Å²) < 4.78 is 16.1. The Morgan fingerprint density at radius 1 is 0.906 bits per heavy atom. The standard InChI is InChI=1S/C27H29FN4/c1-20-17-22(8-10-24(20)28)27-23(7-5-12-29-27)21-9-11-25-26(18-21)32(19-30-25)16-6-15-31-13-3-2-4-14-31/h5,7-12,17-19H,2-4,6,13-16H2,1H3. The van der Waals surface area contributed by atoms with E-state index in [4.69, 9.17) is 0 Å². The highest BCUT2D eigenvalue weighted by Gasteiger charge is 2.13. The van der Waals surface area contributed by atoms with Crippen LogP contribution in [0.5, 0.6) is 0 Å². The van der Waals surface area contributed by atoms with E-state index < -0.39 is 0 Å². The molecule has 0 aliphatic carbocycles. The SMILES string of the molecule is Cc1cc(-c2ncccc2-c2ccc3ncn(CCCN4CCCCC4)c3c2)ccc1F. The molecule has 2 aromatic heterocycles. The average Bonchev–Trinajstić information content (AvgIpc) is 3.24. The molecule has 0 N–H and O–H groups in total. The molecule has 1 aliphatic rings. The minimum atomic E-state index is -0.193. The van der Waals surface area contributed by atoms with Crippen LogP contribution in [0, 0.1) is 12.7 Å². The molecular formula is C27H29FN4. The van der Waals surface area contributed by atoms with Crippen molar-refractivity contribution in [1.82, 2.24) is 19.4 Å². The van der Waals surface area contributed by atoms with Gasteiger partial charge in [0.25, 0.3) is 0 Å². The normalized spacial score (nSPS) is 14.8. The van der Waals surface area contributed by atoms with Gasteiger partial charge in [0.05, 0.1) is 23.1 Å². The number of hydrogen-bond donors (Lipinski definition) is 0. The van der Waals surface area contributed by atoms with Gasteiger partial charge in [0.15, 0.2) is 0 Å². The summed E-state index contributed by atoms with van der Waals surface area (Å²) in [4.78, 5) is 11.8. The molecule has 5 rings (SSSR count). The van der Waals surface area contributed by atoms with Gasteiger partial charge in [0, 0.05) is 23.9 Å². The van der Waals surface area contributed by atoms with Crippen molar-refractivity contribution in [2.24, 2.45) is 0 Å². The largest absolute Gasteiger partial charge is 0.331 e. The molecule has 3 heterocycles. The first-order valence-corrected chi connectivity index (χ1v) is 11.6. The van der Waals surface area contributed by atoms with Crippen LogP contribution < -0.4 is 0 Å². The van der Waals surface area contributed by atoms with E-state index in [1.807, 2.05) is 18.5 Å². The quantitative estimate of drug-likeness (QED) is 0.373. The topological polar surface area (TPSA) is 34.0 Å². The molecule has 2 aromatic carbocycles. The Kier molecular flexibility index (Phi) is 5.99. The number of piperidine rings is 1. The maximum Gasteiger partial charge on any atom is 0.126 e. The van der Waals surface area contributed by atoms with Gasteiger partial charge in [-0.1, -0.05) is 18.6 Å². The number of pyridine rings is 1. The fraction of sp³-hybridized carbons (Fsp3) is 0.333. The fourth-order valence-electron chi connectivity index (χ4n) is 4.71. The zero-order valence-corrected chi connectivity index (χ0v) is 18.6. The lowest BCUT2D eigenvalue weighted by Crippen LogP contribution is -2.31. The van der Waals surface area contributed by atoms with Crippen molar-refractivity contribution >= 4 is 11.0 Å². The molecule has 4 aromatic rings. The molecule has 0 atom stereocenters. The third-order valence-corrected chi connectivity index (χ3v) is 6.49. The molecule has 164 valence electrons. The van der Waals surface area contributed by atoms with Crippen LogP contribution in [0.4, 0.5) is 4.39 Å². The van der Waals surface area contributed by atoms with Gasteiger partial charge in [-0.3, -0.25) is 4.98 Å². The van der Waals surface area contributed by atoms with E-state index in [1.165, 1.54) is 38.4 Å². The summed E-state index contributed by atoms with van der Waals surface area (Å²) in [6.45, 7) is 6.38. The van der Waals surface area contributed by atoms with Crippen molar-refractivity contribution in [2.75, 3.05) is 19.6 Å². The number of halogens is 1. The van der Waals surface area contributed by atoms with Crippen LogP contribution >= 0.6 is 0 Å². The van der Waals surface area contributed by atoms with Crippen molar-refractivity contribution in [1.29, 1.82) is 0 Å². The Balaban J connectivity index is 1.43. The second-order valence-electron chi connectivity index (χ2n) is 8.76. The summed E-state index contributed by atoms with van der Waals surface area (Å²) in [5.41, 5.74) is 6.71. The molecule has 0 spiro atoms. The number of aromatic nitrogens is 3. The first kappa shape index (κ1) is 20.8. The predicted octanol–water partition coefficient (Wildman–Crippen LogP) is 6.09. The van der Waals surface area contributed by atoms with Crippen LogP contribution in [-0.2, 0) is 6.54 Å².